The summed E-state index contributed by atoms with van der Waals surface area (Å²) in [7, 11) is -1.24. The van der Waals surface area contributed by atoms with Crippen LogP contribution in [0.3, 0.4) is 0 Å². The van der Waals surface area contributed by atoms with Crippen LogP contribution < -0.4 is 14.2 Å². The molecular formula is C37H38F4N4O6S. The van der Waals surface area contributed by atoms with Gasteiger partial charge in [-0.2, -0.15) is 9.40 Å². The molecule has 3 aromatic carbocycles. The van der Waals surface area contributed by atoms with Crippen molar-refractivity contribution in [2.45, 2.75) is 57.1 Å². The molecule has 2 aromatic heterocycles. The predicted octanol–water partition coefficient (Wildman–Crippen LogP) is 7.07. The topological polar surface area (TPSA) is 116 Å². The molecule has 0 fully saturated rings. The molecule has 2 heterocycles. The van der Waals surface area contributed by atoms with Gasteiger partial charge in [0.2, 0.25) is 10.0 Å². The minimum absolute atomic E-state index is 0.00535. The van der Waals surface area contributed by atoms with Crippen molar-refractivity contribution < 1.29 is 45.3 Å². The highest BCUT2D eigenvalue weighted by Crippen LogP contribution is 2.41. The van der Waals surface area contributed by atoms with Gasteiger partial charge in [-0.15, -0.1) is 13.2 Å². The predicted molar refractivity (Wildman–Crippen MR) is 185 cm³/mol. The monoisotopic (exact) mass is 742 g/mol. The molecule has 1 atom stereocenters. The Labute approximate surface area is 299 Å². The van der Waals surface area contributed by atoms with Crippen LogP contribution in [0.25, 0.3) is 11.4 Å². The summed E-state index contributed by atoms with van der Waals surface area (Å²) in [5.74, 6) is -0.0928. The first kappa shape index (κ1) is 38.2. The van der Waals surface area contributed by atoms with Crippen LogP contribution in [-0.2, 0) is 35.3 Å². The summed E-state index contributed by atoms with van der Waals surface area (Å²) >= 11 is 0. The number of aliphatic hydroxyl groups is 1. The summed E-state index contributed by atoms with van der Waals surface area (Å²) in [6, 6.07) is 23.0. The lowest BCUT2D eigenvalue weighted by Crippen LogP contribution is -2.56. The second-order valence-electron chi connectivity index (χ2n) is 12.7. The lowest BCUT2D eigenvalue weighted by atomic mass is 9.87. The molecule has 1 unspecified atom stereocenters. The molecule has 276 valence electrons. The van der Waals surface area contributed by atoms with Crippen molar-refractivity contribution in [1.82, 2.24) is 19.1 Å². The molecule has 0 aliphatic rings. The third-order valence-electron chi connectivity index (χ3n) is 8.93. The zero-order chi connectivity index (χ0) is 37.9. The van der Waals surface area contributed by atoms with Crippen LogP contribution in [0.5, 0.6) is 17.2 Å². The van der Waals surface area contributed by atoms with Gasteiger partial charge in [-0.25, -0.2) is 17.8 Å². The molecule has 52 heavy (non-hydrogen) atoms. The van der Waals surface area contributed by atoms with Crippen molar-refractivity contribution in [3.63, 3.8) is 0 Å². The molecule has 5 aromatic rings. The summed E-state index contributed by atoms with van der Waals surface area (Å²) in [4.78, 5) is 4.60. The summed E-state index contributed by atoms with van der Waals surface area (Å²) < 4.78 is 97.1. The fraction of sp³-hybridized carbons (Fsp3) is 0.297. The first-order valence-electron chi connectivity index (χ1n) is 16.0. The highest BCUT2D eigenvalue weighted by atomic mass is 32.2. The van der Waals surface area contributed by atoms with Crippen LogP contribution in [0.1, 0.15) is 43.2 Å². The molecule has 1 N–H and O–H groups in total. The SMILES string of the molecule is COc1ccc(CN(Cc2ccc(OC)cc2)S(=O)(=O)C(C)(C)C(C)(O)c2cccc(-c3ccn(Cc4cc(OC(F)(F)F)ccc4F)n3)n2)cc1. The van der Waals surface area contributed by atoms with Gasteiger partial charge < -0.3 is 19.3 Å². The number of methoxy groups -OCH3 is 2. The largest absolute Gasteiger partial charge is 0.573 e. The zero-order valence-electron chi connectivity index (χ0n) is 29.1. The number of alkyl halides is 3. The number of pyridine rings is 1. The van der Waals surface area contributed by atoms with Gasteiger partial charge in [0.1, 0.15) is 39.1 Å². The minimum atomic E-state index is -4.94. The number of halogens is 4. The van der Waals surface area contributed by atoms with Gasteiger partial charge in [0.15, 0.2) is 0 Å². The van der Waals surface area contributed by atoms with Crippen molar-refractivity contribution in [3.05, 3.63) is 125 Å². The fourth-order valence-electron chi connectivity index (χ4n) is 5.46. The van der Waals surface area contributed by atoms with Crippen LogP contribution >= 0.6 is 0 Å². The van der Waals surface area contributed by atoms with E-state index in [1.54, 1.807) is 66.7 Å². The number of sulfonamides is 1. The molecule has 0 saturated carbocycles. The highest BCUT2D eigenvalue weighted by Gasteiger charge is 2.54. The van der Waals surface area contributed by atoms with E-state index in [9.17, 15) is 31.1 Å². The van der Waals surface area contributed by atoms with Crippen molar-refractivity contribution in [3.8, 4) is 28.6 Å². The van der Waals surface area contributed by atoms with Crippen LogP contribution in [0, 0.1) is 5.82 Å². The molecule has 0 bridgehead atoms. The van der Waals surface area contributed by atoms with E-state index in [1.165, 1.54) is 56.2 Å². The van der Waals surface area contributed by atoms with E-state index >= 15 is 0 Å². The van der Waals surface area contributed by atoms with Crippen LogP contribution in [0.15, 0.2) is 97.2 Å². The van der Waals surface area contributed by atoms with Gasteiger partial charge >= 0.3 is 6.36 Å². The van der Waals surface area contributed by atoms with Crippen LogP contribution in [-0.4, -0.2) is 57.9 Å². The molecule has 0 saturated heterocycles. The summed E-state index contributed by atoms with van der Waals surface area (Å²) in [6.45, 7) is 4.02. The van der Waals surface area contributed by atoms with E-state index in [4.69, 9.17) is 9.47 Å². The van der Waals surface area contributed by atoms with E-state index in [-0.39, 0.29) is 36.6 Å². The van der Waals surface area contributed by atoms with Gasteiger partial charge in [0.25, 0.3) is 0 Å². The van der Waals surface area contributed by atoms with Gasteiger partial charge in [0, 0.05) is 24.8 Å². The van der Waals surface area contributed by atoms with Crippen molar-refractivity contribution in [2.75, 3.05) is 14.2 Å². The molecule has 5 rings (SSSR count). The van der Waals surface area contributed by atoms with Crippen LogP contribution in [0.4, 0.5) is 17.6 Å². The van der Waals surface area contributed by atoms with E-state index < -0.39 is 38.3 Å². The Morgan fingerprint density at radius 3 is 1.88 bits per heavy atom. The number of ether oxygens (including phenoxy) is 3. The number of benzene rings is 3. The minimum Gasteiger partial charge on any atom is -0.497 e. The normalized spacial score (nSPS) is 13.5. The molecule has 0 amide bonds. The van der Waals surface area contributed by atoms with E-state index in [0.717, 1.165) is 18.2 Å². The van der Waals surface area contributed by atoms with E-state index in [1.807, 2.05) is 0 Å². The van der Waals surface area contributed by atoms with Crippen molar-refractivity contribution in [1.29, 1.82) is 0 Å². The lowest BCUT2D eigenvalue weighted by molar-refractivity contribution is -0.274. The molecule has 0 aliphatic carbocycles. The Bertz CT molecular complexity index is 2050. The lowest BCUT2D eigenvalue weighted by Gasteiger charge is -2.42. The van der Waals surface area contributed by atoms with Gasteiger partial charge in [-0.1, -0.05) is 30.3 Å². The number of rotatable bonds is 14. The average molecular weight is 743 g/mol. The second-order valence-corrected chi connectivity index (χ2v) is 15.1. The molecule has 10 nitrogen and oxygen atoms in total. The van der Waals surface area contributed by atoms with E-state index in [2.05, 4.69) is 14.8 Å². The maximum Gasteiger partial charge on any atom is 0.573 e. The first-order valence-corrected chi connectivity index (χ1v) is 17.4. The molecule has 0 aliphatic heterocycles. The van der Waals surface area contributed by atoms with Crippen molar-refractivity contribution >= 4 is 10.0 Å². The van der Waals surface area contributed by atoms with E-state index in [0.29, 0.717) is 28.3 Å². The Balaban J connectivity index is 1.43. The van der Waals surface area contributed by atoms with Gasteiger partial charge in [-0.05, 0) is 92.6 Å². The maximum atomic E-state index is 14.7. The standard InChI is InChI=1S/C37H38F4N4O6S/c1-35(2,52(47,48)45(22-25-9-13-28(49-4)14-10-25)23-26-11-15-29(50-5)16-12-26)36(3,46)34-8-6-7-32(42-34)33-19-20-44(43-33)24-27-21-30(17-18-31(27)38)51-37(39,40)41/h6-21,46H,22-24H2,1-5H3. The number of hydrogen-bond donors (Lipinski definition) is 1. The molecule has 0 radical (unpaired) electrons. The summed E-state index contributed by atoms with van der Waals surface area (Å²) in [5.41, 5.74) is -0.140. The molecule has 15 heteroatoms. The number of nitrogens with zero attached hydrogens (tertiary/aromatic N) is 4. The van der Waals surface area contributed by atoms with Crippen LogP contribution in [0.2, 0.25) is 0 Å². The number of aromatic nitrogens is 3. The highest BCUT2D eigenvalue weighted by molar-refractivity contribution is 7.90. The summed E-state index contributed by atoms with van der Waals surface area (Å²) in [5, 5.41) is 16.5. The maximum absolute atomic E-state index is 14.7. The molecule has 0 spiro atoms. The van der Waals surface area contributed by atoms with Gasteiger partial charge in [0.05, 0.1) is 32.2 Å². The second kappa shape index (κ2) is 14.9. The third kappa shape index (κ3) is 8.38. The Morgan fingerprint density at radius 1 is 0.788 bits per heavy atom. The smallest absolute Gasteiger partial charge is 0.497 e. The Morgan fingerprint density at radius 2 is 1.35 bits per heavy atom. The first-order chi connectivity index (χ1) is 24.4. The third-order valence-corrected chi connectivity index (χ3v) is 11.6. The fourth-order valence-corrected chi connectivity index (χ4v) is 7.35. The Hall–Kier alpha value is -4.99. The Kier molecular flexibility index (Phi) is 11.0. The van der Waals surface area contributed by atoms with Crippen molar-refractivity contribution in [2.24, 2.45) is 0 Å². The number of hydrogen-bond acceptors (Lipinski definition) is 8. The van der Waals surface area contributed by atoms with Gasteiger partial charge in [-0.3, -0.25) is 4.68 Å². The zero-order valence-corrected chi connectivity index (χ0v) is 29.9. The molecular weight excluding hydrogens is 704 g/mol. The average Bonchev–Trinajstić information content (AvgIpc) is 3.58. The quantitative estimate of drug-likeness (QED) is 0.120. The summed E-state index contributed by atoms with van der Waals surface area (Å²) in [6.07, 6.45) is -3.45.